The van der Waals surface area contributed by atoms with Crippen LogP contribution >= 0.6 is 0 Å². The van der Waals surface area contributed by atoms with Gasteiger partial charge in [-0.25, -0.2) is 4.98 Å². The van der Waals surface area contributed by atoms with Crippen LogP contribution in [0.2, 0.25) is 0 Å². The highest BCUT2D eigenvalue weighted by Crippen LogP contribution is 2.30. The normalized spacial score (nSPS) is 10.6. The standard InChI is InChI=1S/C23H22N4O/c1-27(18-12-14-19(28-2)15-13-18)22-20-10-6-7-11-21(20)25-23(26-22)24-16-17-8-4-3-5-9-17/h3-15H,16H2,1-2H3,(H,24,25,26). The van der Waals surface area contributed by atoms with E-state index in [9.17, 15) is 0 Å². The maximum absolute atomic E-state index is 5.26. The number of para-hydroxylation sites is 1. The van der Waals surface area contributed by atoms with E-state index in [0.29, 0.717) is 12.5 Å². The molecular formula is C23H22N4O. The van der Waals surface area contributed by atoms with Crippen LogP contribution in [0, 0.1) is 0 Å². The Morgan fingerprint density at radius 3 is 2.32 bits per heavy atom. The lowest BCUT2D eigenvalue weighted by Crippen LogP contribution is -2.14. The van der Waals surface area contributed by atoms with Crippen LogP contribution in [-0.4, -0.2) is 24.1 Å². The SMILES string of the molecule is COc1ccc(N(C)c2nc(NCc3ccccc3)nc3ccccc23)cc1. The van der Waals surface area contributed by atoms with Gasteiger partial charge in [-0.1, -0.05) is 42.5 Å². The third-order valence-corrected chi connectivity index (χ3v) is 4.65. The Balaban J connectivity index is 1.69. The summed E-state index contributed by atoms with van der Waals surface area (Å²) < 4.78 is 5.26. The molecule has 0 radical (unpaired) electrons. The zero-order valence-corrected chi connectivity index (χ0v) is 16.0. The Labute approximate surface area is 164 Å². The van der Waals surface area contributed by atoms with Gasteiger partial charge in [0.2, 0.25) is 5.95 Å². The molecule has 0 amide bonds. The molecule has 1 aromatic heterocycles. The average molecular weight is 370 g/mol. The third-order valence-electron chi connectivity index (χ3n) is 4.65. The molecule has 3 aromatic carbocycles. The van der Waals surface area contributed by atoms with Gasteiger partial charge in [-0.05, 0) is 42.0 Å². The lowest BCUT2D eigenvalue weighted by Gasteiger charge is -2.21. The number of fused-ring (bicyclic) bond motifs is 1. The summed E-state index contributed by atoms with van der Waals surface area (Å²) in [4.78, 5) is 11.6. The molecule has 28 heavy (non-hydrogen) atoms. The monoisotopic (exact) mass is 370 g/mol. The van der Waals surface area contributed by atoms with Crippen molar-refractivity contribution in [3.63, 3.8) is 0 Å². The largest absolute Gasteiger partial charge is 0.497 e. The maximum Gasteiger partial charge on any atom is 0.225 e. The van der Waals surface area contributed by atoms with E-state index in [2.05, 4.69) is 27.3 Å². The molecule has 0 saturated carbocycles. The molecule has 0 unspecified atom stereocenters. The summed E-state index contributed by atoms with van der Waals surface area (Å²) in [5, 5.41) is 4.35. The van der Waals surface area contributed by atoms with Gasteiger partial charge in [0.25, 0.3) is 0 Å². The quantitative estimate of drug-likeness (QED) is 0.516. The lowest BCUT2D eigenvalue weighted by atomic mass is 10.2. The van der Waals surface area contributed by atoms with Crippen molar-refractivity contribution in [2.75, 3.05) is 24.4 Å². The Morgan fingerprint density at radius 1 is 0.857 bits per heavy atom. The summed E-state index contributed by atoms with van der Waals surface area (Å²) in [6.45, 7) is 0.671. The second kappa shape index (κ2) is 7.96. The zero-order valence-electron chi connectivity index (χ0n) is 16.0. The van der Waals surface area contributed by atoms with Crippen molar-refractivity contribution in [3.8, 4) is 5.75 Å². The molecule has 0 fully saturated rings. The highest BCUT2D eigenvalue weighted by Gasteiger charge is 2.13. The molecule has 140 valence electrons. The topological polar surface area (TPSA) is 50.3 Å². The van der Waals surface area contributed by atoms with Gasteiger partial charge in [0, 0.05) is 24.7 Å². The third kappa shape index (κ3) is 3.74. The van der Waals surface area contributed by atoms with Crippen LogP contribution in [0.1, 0.15) is 5.56 Å². The van der Waals surface area contributed by atoms with E-state index in [-0.39, 0.29) is 0 Å². The highest BCUT2D eigenvalue weighted by molar-refractivity contribution is 5.92. The van der Waals surface area contributed by atoms with E-state index >= 15 is 0 Å². The molecule has 4 aromatic rings. The van der Waals surface area contributed by atoms with E-state index in [1.165, 1.54) is 5.56 Å². The molecule has 4 rings (SSSR count). The zero-order chi connectivity index (χ0) is 19.3. The van der Waals surface area contributed by atoms with E-state index in [0.717, 1.165) is 28.2 Å². The Kier molecular flexibility index (Phi) is 5.06. The Bertz CT molecular complexity index is 1060. The number of nitrogens with zero attached hydrogens (tertiary/aromatic N) is 3. The maximum atomic E-state index is 5.26. The molecule has 5 heteroatoms. The number of hydrogen-bond acceptors (Lipinski definition) is 5. The van der Waals surface area contributed by atoms with Crippen molar-refractivity contribution in [2.45, 2.75) is 6.54 Å². The van der Waals surface area contributed by atoms with Crippen molar-refractivity contribution in [1.82, 2.24) is 9.97 Å². The smallest absolute Gasteiger partial charge is 0.225 e. The highest BCUT2D eigenvalue weighted by atomic mass is 16.5. The minimum Gasteiger partial charge on any atom is -0.497 e. The molecule has 1 heterocycles. The number of aromatic nitrogens is 2. The average Bonchev–Trinajstić information content (AvgIpc) is 2.77. The van der Waals surface area contributed by atoms with Crippen LogP contribution in [0.5, 0.6) is 5.75 Å². The van der Waals surface area contributed by atoms with Crippen LogP contribution in [-0.2, 0) is 6.54 Å². The van der Waals surface area contributed by atoms with Gasteiger partial charge < -0.3 is 15.0 Å². The molecular weight excluding hydrogens is 348 g/mol. The van der Waals surface area contributed by atoms with Crippen molar-refractivity contribution in [2.24, 2.45) is 0 Å². The van der Waals surface area contributed by atoms with Crippen molar-refractivity contribution < 1.29 is 4.74 Å². The molecule has 0 spiro atoms. The van der Waals surface area contributed by atoms with Crippen LogP contribution < -0.4 is 15.0 Å². The van der Waals surface area contributed by atoms with Crippen molar-refractivity contribution >= 4 is 28.4 Å². The fraction of sp³-hybridized carbons (Fsp3) is 0.130. The number of rotatable bonds is 6. The summed E-state index contributed by atoms with van der Waals surface area (Å²) in [5.74, 6) is 2.29. The van der Waals surface area contributed by atoms with Crippen LogP contribution in [0.4, 0.5) is 17.5 Å². The van der Waals surface area contributed by atoms with Gasteiger partial charge in [-0.15, -0.1) is 0 Å². The first-order chi connectivity index (χ1) is 13.7. The number of ether oxygens (including phenoxy) is 1. The summed E-state index contributed by atoms with van der Waals surface area (Å²) in [6.07, 6.45) is 0. The van der Waals surface area contributed by atoms with Crippen LogP contribution in [0.15, 0.2) is 78.9 Å². The van der Waals surface area contributed by atoms with Crippen LogP contribution in [0.3, 0.4) is 0 Å². The van der Waals surface area contributed by atoms with Gasteiger partial charge in [-0.3, -0.25) is 0 Å². The molecule has 0 bridgehead atoms. The molecule has 0 saturated heterocycles. The van der Waals surface area contributed by atoms with Crippen molar-refractivity contribution in [3.05, 3.63) is 84.4 Å². The summed E-state index contributed by atoms with van der Waals surface area (Å²) >= 11 is 0. The van der Waals surface area contributed by atoms with E-state index < -0.39 is 0 Å². The fourth-order valence-corrected chi connectivity index (χ4v) is 3.10. The number of anilines is 3. The molecule has 1 N–H and O–H groups in total. The minimum atomic E-state index is 0.609. The fourth-order valence-electron chi connectivity index (χ4n) is 3.10. The first kappa shape index (κ1) is 17.8. The predicted octanol–water partition coefficient (Wildman–Crippen LogP) is 5.02. The predicted molar refractivity (Wildman–Crippen MR) is 114 cm³/mol. The van der Waals surface area contributed by atoms with Gasteiger partial charge in [0.1, 0.15) is 11.6 Å². The second-order valence-electron chi connectivity index (χ2n) is 6.48. The molecule has 0 aliphatic heterocycles. The van der Waals surface area contributed by atoms with E-state index in [1.54, 1.807) is 7.11 Å². The van der Waals surface area contributed by atoms with Crippen LogP contribution in [0.25, 0.3) is 10.9 Å². The summed E-state index contributed by atoms with van der Waals surface area (Å²) in [7, 11) is 3.68. The van der Waals surface area contributed by atoms with Gasteiger partial charge >= 0.3 is 0 Å². The molecule has 0 aliphatic rings. The lowest BCUT2D eigenvalue weighted by molar-refractivity contribution is 0.415. The Morgan fingerprint density at radius 2 is 1.57 bits per heavy atom. The Hall–Kier alpha value is -3.60. The summed E-state index contributed by atoms with van der Waals surface area (Å²) in [5.41, 5.74) is 3.12. The molecule has 0 aliphatic carbocycles. The minimum absolute atomic E-state index is 0.609. The summed E-state index contributed by atoms with van der Waals surface area (Å²) in [6, 6.07) is 26.2. The van der Waals surface area contributed by atoms with Gasteiger partial charge in [-0.2, -0.15) is 4.98 Å². The second-order valence-corrected chi connectivity index (χ2v) is 6.48. The molecule has 0 atom stereocenters. The first-order valence-corrected chi connectivity index (χ1v) is 9.17. The van der Waals surface area contributed by atoms with Gasteiger partial charge in [0.15, 0.2) is 0 Å². The number of benzene rings is 3. The van der Waals surface area contributed by atoms with Crippen molar-refractivity contribution in [1.29, 1.82) is 0 Å². The van der Waals surface area contributed by atoms with E-state index in [1.807, 2.05) is 73.8 Å². The van der Waals surface area contributed by atoms with E-state index in [4.69, 9.17) is 9.72 Å². The van der Waals surface area contributed by atoms with Gasteiger partial charge in [0.05, 0.1) is 12.6 Å². The molecule has 5 nitrogen and oxygen atoms in total. The number of nitrogens with one attached hydrogen (secondary N) is 1. The first-order valence-electron chi connectivity index (χ1n) is 9.17. The number of methoxy groups -OCH3 is 1. The number of hydrogen-bond donors (Lipinski definition) is 1.